The number of aliphatic hydroxyl groups is 1. The van der Waals surface area contributed by atoms with Gasteiger partial charge in [-0.25, -0.2) is 9.59 Å². The van der Waals surface area contributed by atoms with Crippen molar-refractivity contribution in [2.75, 3.05) is 32.8 Å². The molecule has 112 valence electrons. The van der Waals surface area contributed by atoms with Gasteiger partial charge >= 0.3 is 12.0 Å². The SMILES string of the molecule is CCN(CC)CCCNC(=O)NC(CCO)C(=O)O. The molecular formula is C12H25N3O4. The third-order valence-corrected chi connectivity index (χ3v) is 2.85. The van der Waals surface area contributed by atoms with Gasteiger partial charge in [-0.05, 0) is 26.1 Å². The molecule has 2 amide bonds. The van der Waals surface area contributed by atoms with Crippen LogP contribution in [0.5, 0.6) is 0 Å². The van der Waals surface area contributed by atoms with Crippen molar-refractivity contribution in [2.24, 2.45) is 0 Å². The smallest absolute Gasteiger partial charge is 0.326 e. The summed E-state index contributed by atoms with van der Waals surface area (Å²) in [5.41, 5.74) is 0. The van der Waals surface area contributed by atoms with Crippen molar-refractivity contribution in [2.45, 2.75) is 32.7 Å². The van der Waals surface area contributed by atoms with Gasteiger partial charge in [-0.2, -0.15) is 0 Å². The van der Waals surface area contributed by atoms with Gasteiger partial charge < -0.3 is 25.7 Å². The zero-order valence-electron chi connectivity index (χ0n) is 11.7. The molecule has 0 rings (SSSR count). The number of aliphatic carboxylic acids is 1. The predicted molar refractivity (Wildman–Crippen MR) is 72.1 cm³/mol. The molecule has 0 aliphatic heterocycles. The lowest BCUT2D eigenvalue weighted by Crippen LogP contribution is -2.46. The van der Waals surface area contributed by atoms with Crippen molar-refractivity contribution in [1.29, 1.82) is 0 Å². The largest absolute Gasteiger partial charge is 0.480 e. The van der Waals surface area contributed by atoms with E-state index < -0.39 is 18.0 Å². The summed E-state index contributed by atoms with van der Waals surface area (Å²) >= 11 is 0. The fourth-order valence-corrected chi connectivity index (χ4v) is 1.64. The second-order valence-electron chi connectivity index (χ2n) is 4.18. The van der Waals surface area contributed by atoms with Gasteiger partial charge in [-0.1, -0.05) is 13.8 Å². The van der Waals surface area contributed by atoms with Crippen molar-refractivity contribution in [1.82, 2.24) is 15.5 Å². The molecule has 0 saturated heterocycles. The number of carbonyl (C=O) groups is 2. The van der Waals surface area contributed by atoms with Crippen molar-refractivity contribution in [3.63, 3.8) is 0 Å². The lowest BCUT2D eigenvalue weighted by Gasteiger charge is -2.18. The van der Waals surface area contributed by atoms with E-state index in [1.54, 1.807) is 0 Å². The molecule has 0 aromatic heterocycles. The number of rotatable bonds is 10. The standard InChI is InChI=1S/C12H25N3O4/c1-3-15(4-2)8-5-7-13-12(19)14-10(6-9-16)11(17)18/h10,16H,3-9H2,1-2H3,(H,17,18)(H2,13,14,19). The van der Waals surface area contributed by atoms with Crippen LogP contribution in [0.3, 0.4) is 0 Å². The van der Waals surface area contributed by atoms with Crippen molar-refractivity contribution >= 4 is 12.0 Å². The number of carbonyl (C=O) groups excluding carboxylic acids is 1. The molecule has 0 bridgehead atoms. The van der Waals surface area contributed by atoms with E-state index in [0.717, 1.165) is 26.1 Å². The zero-order valence-corrected chi connectivity index (χ0v) is 11.7. The Bertz CT molecular complexity index is 270. The maximum Gasteiger partial charge on any atom is 0.326 e. The maximum absolute atomic E-state index is 11.4. The Morgan fingerprint density at radius 3 is 2.37 bits per heavy atom. The minimum atomic E-state index is -1.15. The van der Waals surface area contributed by atoms with Crippen LogP contribution in [0, 0.1) is 0 Å². The number of nitrogens with zero attached hydrogens (tertiary/aromatic N) is 1. The van der Waals surface area contributed by atoms with Crippen molar-refractivity contribution in [3.8, 4) is 0 Å². The van der Waals surface area contributed by atoms with E-state index in [9.17, 15) is 9.59 Å². The summed E-state index contributed by atoms with van der Waals surface area (Å²) in [6.07, 6.45) is 0.815. The normalized spacial score (nSPS) is 12.2. The molecule has 0 fully saturated rings. The van der Waals surface area contributed by atoms with Crippen molar-refractivity contribution < 1.29 is 19.8 Å². The average molecular weight is 275 g/mol. The van der Waals surface area contributed by atoms with Gasteiger partial charge in [0.2, 0.25) is 0 Å². The summed E-state index contributed by atoms with van der Waals surface area (Å²) in [4.78, 5) is 24.4. The third kappa shape index (κ3) is 8.39. The summed E-state index contributed by atoms with van der Waals surface area (Å²) in [5, 5.41) is 22.4. The minimum absolute atomic E-state index is 0.00218. The van der Waals surface area contributed by atoms with E-state index >= 15 is 0 Å². The summed E-state index contributed by atoms with van der Waals surface area (Å²) < 4.78 is 0. The summed E-state index contributed by atoms with van der Waals surface area (Å²) in [7, 11) is 0. The van der Waals surface area contributed by atoms with E-state index in [-0.39, 0.29) is 13.0 Å². The minimum Gasteiger partial charge on any atom is -0.480 e. The van der Waals surface area contributed by atoms with E-state index in [1.807, 2.05) is 0 Å². The molecule has 7 nitrogen and oxygen atoms in total. The van der Waals surface area contributed by atoms with E-state index in [0.29, 0.717) is 6.54 Å². The number of hydrogen-bond donors (Lipinski definition) is 4. The van der Waals surface area contributed by atoms with Crippen LogP contribution in [0.2, 0.25) is 0 Å². The highest BCUT2D eigenvalue weighted by atomic mass is 16.4. The molecular weight excluding hydrogens is 250 g/mol. The van der Waals surface area contributed by atoms with Crippen LogP contribution in [-0.4, -0.2) is 65.9 Å². The van der Waals surface area contributed by atoms with E-state index in [4.69, 9.17) is 10.2 Å². The first kappa shape index (κ1) is 17.7. The van der Waals surface area contributed by atoms with E-state index in [1.165, 1.54) is 0 Å². The monoisotopic (exact) mass is 275 g/mol. The average Bonchev–Trinajstić information content (AvgIpc) is 2.38. The van der Waals surface area contributed by atoms with Crippen LogP contribution in [0.25, 0.3) is 0 Å². The molecule has 0 aromatic carbocycles. The Morgan fingerprint density at radius 2 is 1.89 bits per heavy atom. The second kappa shape index (κ2) is 10.6. The van der Waals surface area contributed by atoms with Gasteiger partial charge in [-0.3, -0.25) is 0 Å². The highest BCUT2D eigenvalue weighted by molar-refractivity contribution is 5.82. The van der Waals surface area contributed by atoms with Gasteiger partial charge in [0.15, 0.2) is 0 Å². The molecule has 0 aliphatic rings. The van der Waals surface area contributed by atoms with Crippen molar-refractivity contribution in [3.05, 3.63) is 0 Å². The van der Waals surface area contributed by atoms with Gasteiger partial charge in [-0.15, -0.1) is 0 Å². The van der Waals surface area contributed by atoms with Crippen LogP contribution >= 0.6 is 0 Å². The Kier molecular flexibility index (Phi) is 9.82. The first-order chi connectivity index (χ1) is 9.04. The predicted octanol–water partition coefficient (Wildman–Crippen LogP) is -0.147. The number of nitrogens with one attached hydrogen (secondary N) is 2. The number of carboxylic acids is 1. The molecule has 0 radical (unpaired) electrons. The van der Waals surface area contributed by atoms with Crippen LogP contribution < -0.4 is 10.6 Å². The summed E-state index contributed by atoms with van der Waals surface area (Å²) in [5.74, 6) is -1.15. The fraction of sp³-hybridized carbons (Fsp3) is 0.833. The molecule has 19 heavy (non-hydrogen) atoms. The lowest BCUT2D eigenvalue weighted by molar-refractivity contribution is -0.139. The van der Waals surface area contributed by atoms with Gasteiger partial charge in [0.05, 0.1) is 0 Å². The number of urea groups is 1. The number of aliphatic hydroxyl groups excluding tert-OH is 1. The van der Waals surface area contributed by atoms with Gasteiger partial charge in [0, 0.05) is 19.6 Å². The van der Waals surface area contributed by atoms with Crippen LogP contribution in [0.15, 0.2) is 0 Å². The molecule has 0 aromatic rings. The number of hydrogen-bond acceptors (Lipinski definition) is 4. The summed E-state index contributed by atoms with van der Waals surface area (Å²) in [6, 6.07) is -1.56. The second-order valence-corrected chi connectivity index (χ2v) is 4.18. The number of amides is 2. The fourth-order valence-electron chi connectivity index (χ4n) is 1.64. The molecule has 4 N–H and O–H groups in total. The molecule has 0 aliphatic carbocycles. The Labute approximate surface area is 114 Å². The number of carboxylic acid groups (broad SMARTS) is 1. The maximum atomic E-state index is 11.4. The van der Waals surface area contributed by atoms with Gasteiger partial charge in [0.1, 0.15) is 6.04 Å². The third-order valence-electron chi connectivity index (χ3n) is 2.85. The molecule has 0 spiro atoms. The quantitative estimate of drug-likeness (QED) is 0.415. The Hall–Kier alpha value is -1.34. The van der Waals surface area contributed by atoms with E-state index in [2.05, 4.69) is 29.4 Å². The van der Waals surface area contributed by atoms with Crippen LogP contribution in [0.4, 0.5) is 4.79 Å². The molecule has 7 heteroatoms. The molecule has 1 unspecified atom stereocenters. The first-order valence-corrected chi connectivity index (χ1v) is 6.65. The first-order valence-electron chi connectivity index (χ1n) is 6.65. The zero-order chi connectivity index (χ0) is 14.7. The van der Waals surface area contributed by atoms with Crippen LogP contribution in [0.1, 0.15) is 26.7 Å². The Balaban J connectivity index is 3.82. The Morgan fingerprint density at radius 1 is 1.26 bits per heavy atom. The van der Waals surface area contributed by atoms with Gasteiger partial charge in [0.25, 0.3) is 0 Å². The summed E-state index contributed by atoms with van der Waals surface area (Å²) in [6.45, 7) is 7.21. The molecule has 0 heterocycles. The highest BCUT2D eigenvalue weighted by Crippen LogP contribution is 1.92. The molecule has 1 atom stereocenters. The topological polar surface area (TPSA) is 102 Å². The highest BCUT2D eigenvalue weighted by Gasteiger charge is 2.18. The van der Waals surface area contributed by atoms with Crippen LogP contribution in [-0.2, 0) is 4.79 Å². The molecule has 0 saturated carbocycles. The lowest BCUT2D eigenvalue weighted by atomic mass is 10.2.